The van der Waals surface area contributed by atoms with Crippen molar-refractivity contribution in [1.29, 1.82) is 0 Å². The molecule has 0 saturated carbocycles. The second-order valence-electron chi connectivity index (χ2n) is 36.5. The van der Waals surface area contributed by atoms with Crippen molar-refractivity contribution in [1.82, 2.24) is 0 Å². The molecule has 0 aliphatic carbocycles. The Hall–Kier alpha value is -18.9. The first-order valence-corrected chi connectivity index (χ1v) is 48.6. The van der Waals surface area contributed by atoms with Crippen molar-refractivity contribution in [2.75, 3.05) is 19.6 Å². The maximum atomic E-state index is 6.47. The number of hydrogen-bond donors (Lipinski definition) is 0. The van der Waals surface area contributed by atoms with Gasteiger partial charge in [0.1, 0.15) is 22.3 Å². The Morgan fingerprint density at radius 1 is 0.120 bits per heavy atom. The topological polar surface area (TPSA) is 39.2 Å². The number of furan rings is 2. The Morgan fingerprint density at radius 3 is 0.655 bits per heavy atom. The monoisotopic (exact) mass is 1810 g/mol. The second kappa shape index (κ2) is 36.0. The van der Waals surface area contributed by atoms with Crippen LogP contribution in [0.3, 0.4) is 0 Å². The highest BCUT2D eigenvalue weighted by atomic mass is 16.3. The average Bonchev–Trinajstić information content (AvgIpc) is 1.01. The van der Waals surface area contributed by atoms with Crippen molar-refractivity contribution in [3.8, 4) is 66.8 Å². The van der Waals surface area contributed by atoms with Crippen LogP contribution in [0.2, 0.25) is 0 Å². The zero-order chi connectivity index (χ0) is 93.9. The molecule has 0 spiro atoms. The molecule has 0 unspecified atom stereocenters. The van der Waals surface area contributed by atoms with Gasteiger partial charge in [-0.3, -0.25) is 0 Å². The summed E-state index contributed by atoms with van der Waals surface area (Å²) in [6.07, 6.45) is 0. The molecule has 0 radical (unpaired) electrons. The van der Waals surface area contributed by atoms with E-state index in [1.54, 1.807) is 0 Å². The van der Waals surface area contributed by atoms with Crippen LogP contribution in [0, 0.1) is 0 Å². The van der Waals surface area contributed by atoms with Gasteiger partial charge in [-0.05, 0) is 289 Å². The summed E-state index contributed by atoms with van der Waals surface area (Å²) in [7, 11) is 0. The fourth-order valence-corrected chi connectivity index (χ4v) is 21.4. The number of para-hydroxylation sites is 7. The SMILES string of the molecule is c1ccc(N(c2ccc(-c3ccc(N(c4ccc(-c5ccc6c7ccccc7c7ccccc7c6c5)cc4)c4ccc(-c5cccc6c5oc5ccccc56)cc4)cc3)cc2)c2cccc3ccccc23)cc1.c1ccc(N(c2ccccc2)c2ccc(-c3ccc(N(c4ccc(-c5ccc6c7ccccc7c7ccccc7c6c5)cc4)c4ccc(-c5cccc6c5oc5ccccc56)cc4)cc3)cc2)cc1. The lowest BCUT2D eigenvalue weighted by atomic mass is 9.92. The van der Waals surface area contributed by atoms with Crippen molar-refractivity contribution in [3.05, 3.63) is 546 Å². The quantitative estimate of drug-likeness (QED) is 0.0798. The highest BCUT2D eigenvalue weighted by Gasteiger charge is 2.24. The normalized spacial score (nSPS) is 11.5. The smallest absolute Gasteiger partial charge is 0.143 e. The molecule has 25 aromatic carbocycles. The first-order chi connectivity index (χ1) is 70.4. The summed E-state index contributed by atoms with van der Waals surface area (Å²) in [5, 5.41) is 22.3. The zero-order valence-electron chi connectivity index (χ0n) is 77.6. The Morgan fingerprint density at radius 2 is 0.331 bits per heavy atom. The van der Waals surface area contributed by atoms with Crippen molar-refractivity contribution < 1.29 is 8.83 Å². The highest BCUT2D eigenvalue weighted by Crippen LogP contribution is 2.49. The summed E-state index contributed by atoms with van der Waals surface area (Å²) in [4.78, 5) is 9.34. The Kier molecular flexibility index (Phi) is 21.2. The molecule has 142 heavy (non-hydrogen) atoms. The van der Waals surface area contributed by atoms with Crippen LogP contribution < -0.4 is 19.6 Å². The zero-order valence-corrected chi connectivity index (χ0v) is 77.6. The first kappa shape index (κ1) is 83.7. The van der Waals surface area contributed by atoms with E-state index < -0.39 is 0 Å². The molecule has 0 N–H and O–H groups in total. The summed E-state index contributed by atoms with van der Waals surface area (Å²) in [6.45, 7) is 0. The summed E-state index contributed by atoms with van der Waals surface area (Å²) in [5.74, 6) is 0. The first-order valence-electron chi connectivity index (χ1n) is 48.6. The third kappa shape index (κ3) is 15.3. The van der Waals surface area contributed by atoms with Gasteiger partial charge in [-0.2, -0.15) is 0 Å². The van der Waals surface area contributed by atoms with Gasteiger partial charge in [0.05, 0.1) is 5.69 Å². The van der Waals surface area contributed by atoms with Crippen molar-refractivity contribution in [2.45, 2.75) is 0 Å². The standard InChI is InChI=1S/C70H46N2O.C66H44N2O/c1-2-16-53(17-3-1)72(68-26-12-15-50-14-4-5-18-58(50)68)57-41-30-48(31-42-57)47-28-37-54(38-29-47)71(56-43-34-51(35-44-56)59-24-13-25-66-65-23-10-11-27-69(65)73-70(59)66)55-39-32-49(33-40-55)52-36-45-64-62-21-7-6-19-60(62)61-20-8-9-22-63(61)67(64)46-52;1-3-14-50(15-4-1)67(51-16-5-2-6-17-51)52-35-26-45(27-36-52)46-28-37-53(38-29-46)68(55-41-32-48(33-42-55)56-23-13-24-63-62-22-11-12-25-65(62)69-66(56)63)54-39-30-47(31-40-54)49-34-43-61-59-20-8-7-18-57(59)58-19-9-10-21-60(58)64(61)44-49/h1-46H;1-44H. The minimum Gasteiger partial charge on any atom is -0.455 e. The van der Waals surface area contributed by atoms with Gasteiger partial charge in [-0.1, -0.05) is 382 Å². The van der Waals surface area contributed by atoms with Crippen molar-refractivity contribution in [2.24, 2.45) is 0 Å². The fraction of sp³-hybridized carbons (Fsp3) is 0. The minimum absolute atomic E-state index is 0.899. The molecule has 666 valence electrons. The molecule has 2 heterocycles. The highest BCUT2D eigenvalue weighted by molar-refractivity contribution is 6.27. The average molecular weight is 1810 g/mol. The number of fused-ring (bicyclic) bond motifs is 19. The van der Waals surface area contributed by atoms with E-state index in [4.69, 9.17) is 8.83 Å². The Labute approximate surface area is 822 Å². The Bertz CT molecular complexity index is 9300. The Balaban J connectivity index is 0.000000146. The molecule has 2 aromatic heterocycles. The van der Waals surface area contributed by atoms with Gasteiger partial charge < -0.3 is 28.4 Å². The van der Waals surface area contributed by atoms with Crippen LogP contribution in [-0.4, -0.2) is 0 Å². The van der Waals surface area contributed by atoms with E-state index in [1.807, 2.05) is 24.3 Å². The van der Waals surface area contributed by atoms with Crippen LogP contribution in [0.15, 0.2) is 555 Å². The predicted molar refractivity (Wildman–Crippen MR) is 601 cm³/mol. The lowest BCUT2D eigenvalue weighted by Gasteiger charge is -2.27. The summed E-state index contributed by atoms with van der Waals surface area (Å²) in [5.41, 5.74) is 30.4. The molecule has 0 bridgehead atoms. The van der Waals surface area contributed by atoms with Gasteiger partial charge in [-0.25, -0.2) is 0 Å². The van der Waals surface area contributed by atoms with E-state index >= 15 is 0 Å². The van der Waals surface area contributed by atoms with E-state index in [2.05, 4.69) is 541 Å². The van der Waals surface area contributed by atoms with Crippen molar-refractivity contribution >= 4 is 188 Å². The number of anilines is 12. The van der Waals surface area contributed by atoms with Gasteiger partial charge in [0.2, 0.25) is 0 Å². The molecule has 6 heteroatoms. The van der Waals surface area contributed by atoms with Crippen LogP contribution in [0.1, 0.15) is 0 Å². The maximum absolute atomic E-state index is 6.47. The summed E-state index contributed by atoms with van der Waals surface area (Å²) >= 11 is 0. The van der Waals surface area contributed by atoms with Gasteiger partial charge >= 0.3 is 0 Å². The lowest BCUT2D eigenvalue weighted by Crippen LogP contribution is -2.10. The van der Waals surface area contributed by atoms with Gasteiger partial charge in [0.15, 0.2) is 0 Å². The van der Waals surface area contributed by atoms with Crippen LogP contribution >= 0.6 is 0 Å². The van der Waals surface area contributed by atoms with Crippen LogP contribution in [-0.2, 0) is 0 Å². The largest absolute Gasteiger partial charge is 0.455 e. The van der Waals surface area contributed by atoms with Gasteiger partial charge in [-0.15, -0.1) is 0 Å². The molecule has 0 aliphatic rings. The molecule has 0 aliphatic heterocycles. The number of rotatable bonds is 18. The van der Waals surface area contributed by atoms with E-state index in [1.165, 1.54) is 97.7 Å². The molecule has 27 rings (SSSR count). The van der Waals surface area contributed by atoms with E-state index in [0.29, 0.717) is 0 Å². The summed E-state index contributed by atoms with van der Waals surface area (Å²) in [6, 6.07) is 197. The third-order valence-corrected chi connectivity index (χ3v) is 28.3. The molecule has 27 aromatic rings. The van der Waals surface area contributed by atoms with Gasteiger partial charge in [0, 0.05) is 101 Å². The molecule has 0 fully saturated rings. The lowest BCUT2D eigenvalue weighted by molar-refractivity contribution is 0.669. The minimum atomic E-state index is 0.899. The maximum Gasteiger partial charge on any atom is 0.143 e. The second-order valence-corrected chi connectivity index (χ2v) is 36.5. The molecular formula is C136H90N4O2. The predicted octanol–water partition coefficient (Wildman–Crippen LogP) is 39.1. The third-order valence-electron chi connectivity index (χ3n) is 28.3. The molecule has 0 amide bonds. The van der Waals surface area contributed by atoms with E-state index in [-0.39, 0.29) is 0 Å². The van der Waals surface area contributed by atoms with Crippen LogP contribution in [0.4, 0.5) is 68.2 Å². The molecule has 6 nitrogen and oxygen atoms in total. The molecular weight excluding hydrogens is 1720 g/mol. The van der Waals surface area contributed by atoms with Crippen molar-refractivity contribution in [3.63, 3.8) is 0 Å². The number of benzene rings is 25. The van der Waals surface area contributed by atoms with E-state index in [9.17, 15) is 0 Å². The molecule has 0 atom stereocenters. The van der Waals surface area contributed by atoms with Crippen LogP contribution in [0.5, 0.6) is 0 Å². The van der Waals surface area contributed by atoms with Gasteiger partial charge in [0.25, 0.3) is 0 Å². The van der Waals surface area contributed by atoms with Crippen LogP contribution in [0.25, 0.3) is 186 Å². The number of hydrogen-bond acceptors (Lipinski definition) is 6. The summed E-state index contributed by atoms with van der Waals surface area (Å²) < 4.78 is 12.9. The fourth-order valence-electron chi connectivity index (χ4n) is 21.4. The van der Waals surface area contributed by atoms with E-state index in [0.717, 1.165) is 157 Å². The molecule has 0 saturated heterocycles. The number of nitrogens with zero attached hydrogens (tertiary/aromatic N) is 4.